The standard InChI is InChI=1S/C22H30FN3O2/c1-2-27-21-9-5-7-18(16-25-12-15-26-13-10-24-11-14-26)22(21)28-17-19-6-3-4-8-20(19)23/h3-9,24-25H,2,10-17H2,1H3. The van der Waals surface area contributed by atoms with Gasteiger partial charge in [-0.1, -0.05) is 30.3 Å². The van der Waals surface area contributed by atoms with Crippen LogP contribution in [-0.2, 0) is 13.2 Å². The SMILES string of the molecule is CCOc1cccc(CNCCN2CCNCC2)c1OCc1ccccc1F. The van der Waals surface area contributed by atoms with Crippen molar-refractivity contribution < 1.29 is 13.9 Å². The Bertz CT molecular complexity index is 735. The van der Waals surface area contributed by atoms with E-state index >= 15 is 0 Å². The molecule has 6 heteroatoms. The van der Waals surface area contributed by atoms with E-state index in [4.69, 9.17) is 9.47 Å². The molecule has 28 heavy (non-hydrogen) atoms. The summed E-state index contributed by atoms with van der Waals surface area (Å²) in [6, 6.07) is 12.6. The molecule has 5 nitrogen and oxygen atoms in total. The Labute approximate surface area is 166 Å². The Kier molecular flexibility index (Phi) is 8.08. The minimum absolute atomic E-state index is 0.171. The van der Waals surface area contributed by atoms with Gasteiger partial charge >= 0.3 is 0 Å². The molecule has 0 atom stereocenters. The fraction of sp³-hybridized carbons (Fsp3) is 0.455. The molecule has 1 saturated heterocycles. The molecule has 0 amide bonds. The number of nitrogens with zero attached hydrogens (tertiary/aromatic N) is 1. The summed E-state index contributed by atoms with van der Waals surface area (Å²) in [4.78, 5) is 2.45. The summed E-state index contributed by atoms with van der Waals surface area (Å²) < 4.78 is 25.7. The first kappa shape index (κ1) is 20.6. The van der Waals surface area contributed by atoms with Crippen molar-refractivity contribution in [2.24, 2.45) is 0 Å². The van der Waals surface area contributed by atoms with Crippen molar-refractivity contribution in [2.45, 2.75) is 20.1 Å². The molecule has 0 unspecified atom stereocenters. The van der Waals surface area contributed by atoms with Crippen LogP contribution in [0, 0.1) is 5.82 Å². The lowest BCUT2D eigenvalue weighted by Gasteiger charge is -2.27. The summed E-state index contributed by atoms with van der Waals surface area (Å²) in [6.07, 6.45) is 0. The smallest absolute Gasteiger partial charge is 0.166 e. The summed E-state index contributed by atoms with van der Waals surface area (Å²) in [6.45, 7) is 9.59. The molecule has 0 aliphatic carbocycles. The Morgan fingerprint density at radius 3 is 2.61 bits per heavy atom. The van der Waals surface area contributed by atoms with Gasteiger partial charge in [-0.3, -0.25) is 4.90 Å². The third-order valence-corrected chi connectivity index (χ3v) is 4.82. The first-order valence-electron chi connectivity index (χ1n) is 10.0. The lowest BCUT2D eigenvalue weighted by molar-refractivity contribution is 0.240. The van der Waals surface area contributed by atoms with Gasteiger partial charge in [-0.05, 0) is 19.1 Å². The van der Waals surface area contributed by atoms with Gasteiger partial charge in [0.25, 0.3) is 0 Å². The minimum Gasteiger partial charge on any atom is -0.490 e. The molecular formula is C22H30FN3O2. The van der Waals surface area contributed by atoms with Gasteiger partial charge in [-0.2, -0.15) is 0 Å². The second-order valence-electron chi connectivity index (χ2n) is 6.83. The second kappa shape index (κ2) is 11.0. The van der Waals surface area contributed by atoms with E-state index in [0.29, 0.717) is 30.2 Å². The van der Waals surface area contributed by atoms with Crippen molar-refractivity contribution in [1.29, 1.82) is 0 Å². The van der Waals surface area contributed by atoms with Crippen LogP contribution in [0.15, 0.2) is 42.5 Å². The number of rotatable bonds is 10. The minimum atomic E-state index is -0.257. The number of ether oxygens (including phenoxy) is 2. The van der Waals surface area contributed by atoms with Crippen molar-refractivity contribution in [2.75, 3.05) is 45.9 Å². The van der Waals surface area contributed by atoms with Crippen LogP contribution in [-0.4, -0.2) is 50.8 Å². The van der Waals surface area contributed by atoms with Crippen molar-refractivity contribution >= 4 is 0 Å². The van der Waals surface area contributed by atoms with Gasteiger partial charge in [0.1, 0.15) is 12.4 Å². The molecule has 0 spiro atoms. The highest BCUT2D eigenvalue weighted by molar-refractivity contribution is 5.46. The molecule has 0 radical (unpaired) electrons. The van der Waals surface area contributed by atoms with Gasteiger partial charge in [0.2, 0.25) is 0 Å². The molecule has 1 aliphatic heterocycles. The van der Waals surface area contributed by atoms with Crippen LogP contribution in [0.1, 0.15) is 18.1 Å². The lowest BCUT2D eigenvalue weighted by Crippen LogP contribution is -2.45. The number of benzene rings is 2. The maximum absolute atomic E-state index is 13.9. The molecule has 3 rings (SSSR count). The Balaban J connectivity index is 1.60. The molecule has 1 fully saturated rings. The zero-order valence-corrected chi connectivity index (χ0v) is 16.5. The predicted molar refractivity (Wildman–Crippen MR) is 109 cm³/mol. The van der Waals surface area contributed by atoms with Crippen molar-refractivity contribution in [3.8, 4) is 11.5 Å². The molecular weight excluding hydrogens is 357 g/mol. The van der Waals surface area contributed by atoms with E-state index < -0.39 is 0 Å². The molecule has 2 N–H and O–H groups in total. The van der Waals surface area contributed by atoms with E-state index in [9.17, 15) is 4.39 Å². The first-order chi connectivity index (χ1) is 13.8. The molecule has 2 aromatic carbocycles. The number of para-hydroxylation sites is 1. The van der Waals surface area contributed by atoms with Crippen LogP contribution >= 0.6 is 0 Å². The Morgan fingerprint density at radius 1 is 1.04 bits per heavy atom. The molecule has 1 aliphatic rings. The van der Waals surface area contributed by atoms with Crippen molar-refractivity contribution in [3.63, 3.8) is 0 Å². The maximum Gasteiger partial charge on any atom is 0.166 e. The van der Waals surface area contributed by atoms with Gasteiger partial charge in [0.15, 0.2) is 11.5 Å². The van der Waals surface area contributed by atoms with Crippen LogP contribution in [0.5, 0.6) is 11.5 Å². The molecule has 2 aromatic rings. The highest BCUT2D eigenvalue weighted by Crippen LogP contribution is 2.32. The highest BCUT2D eigenvalue weighted by Gasteiger charge is 2.13. The van der Waals surface area contributed by atoms with Gasteiger partial charge in [0, 0.05) is 56.9 Å². The molecule has 0 aromatic heterocycles. The molecule has 0 saturated carbocycles. The maximum atomic E-state index is 13.9. The van der Waals surface area contributed by atoms with Gasteiger partial charge in [0.05, 0.1) is 6.61 Å². The number of halogens is 1. The summed E-state index contributed by atoms with van der Waals surface area (Å²) in [5, 5.41) is 6.87. The first-order valence-corrected chi connectivity index (χ1v) is 10.0. The van der Waals surface area contributed by atoms with E-state index in [2.05, 4.69) is 15.5 Å². The molecule has 0 bridgehead atoms. The van der Waals surface area contributed by atoms with Gasteiger partial charge in [-0.25, -0.2) is 4.39 Å². The van der Waals surface area contributed by atoms with Crippen LogP contribution < -0.4 is 20.1 Å². The zero-order valence-electron chi connectivity index (χ0n) is 16.5. The van der Waals surface area contributed by atoms with Crippen LogP contribution in [0.3, 0.4) is 0 Å². The number of nitrogens with one attached hydrogen (secondary N) is 2. The highest BCUT2D eigenvalue weighted by atomic mass is 19.1. The molecule has 1 heterocycles. The Morgan fingerprint density at radius 2 is 1.82 bits per heavy atom. The van der Waals surface area contributed by atoms with Gasteiger partial charge < -0.3 is 20.1 Å². The zero-order chi connectivity index (χ0) is 19.6. The van der Waals surface area contributed by atoms with Crippen molar-refractivity contribution in [1.82, 2.24) is 15.5 Å². The summed E-state index contributed by atoms with van der Waals surface area (Å²) >= 11 is 0. The quantitative estimate of drug-likeness (QED) is 0.614. The van der Waals surface area contributed by atoms with E-state index in [1.165, 1.54) is 6.07 Å². The number of hydrogen-bond donors (Lipinski definition) is 2. The lowest BCUT2D eigenvalue weighted by atomic mass is 10.1. The van der Waals surface area contributed by atoms with E-state index in [1.807, 2.05) is 31.2 Å². The fourth-order valence-corrected chi connectivity index (χ4v) is 3.29. The van der Waals surface area contributed by atoms with Crippen molar-refractivity contribution in [3.05, 3.63) is 59.4 Å². The average molecular weight is 387 g/mol. The van der Waals surface area contributed by atoms with Crippen LogP contribution in [0.2, 0.25) is 0 Å². The summed E-state index contributed by atoms with van der Waals surface area (Å²) in [7, 11) is 0. The normalized spacial score (nSPS) is 14.8. The van der Waals surface area contributed by atoms with E-state index in [1.54, 1.807) is 12.1 Å². The number of piperazine rings is 1. The van der Waals surface area contributed by atoms with Gasteiger partial charge in [-0.15, -0.1) is 0 Å². The molecule has 152 valence electrons. The number of hydrogen-bond acceptors (Lipinski definition) is 5. The fourth-order valence-electron chi connectivity index (χ4n) is 3.29. The van der Waals surface area contributed by atoms with Crippen LogP contribution in [0.25, 0.3) is 0 Å². The second-order valence-corrected chi connectivity index (χ2v) is 6.83. The van der Waals surface area contributed by atoms with Crippen LogP contribution in [0.4, 0.5) is 4.39 Å². The predicted octanol–water partition coefficient (Wildman–Crippen LogP) is 2.80. The monoisotopic (exact) mass is 387 g/mol. The summed E-state index contributed by atoms with van der Waals surface area (Å²) in [5.74, 6) is 1.12. The summed E-state index contributed by atoms with van der Waals surface area (Å²) in [5.41, 5.74) is 1.55. The topological polar surface area (TPSA) is 45.8 Å². The average Bonchev–Trinajstić information content (AvgIpc) is 2.73. The Hall–Kier alpha value is -2.15. The van der Waals surface area contributed by atoms with E-state index in [-0.39, 0.29) is 12.4 Å². The third kappa shape index (κ3) is 5.92. The van der Waals surface area contributed by atoms with E-state index in [0.717, 1.165) is 44.8 Å². The third-order valence-electron chi connectivity index (χ3n) is 4.82. The largest absolute Gasteiger partial charge is 0.490 e.